The molecule has 0 spiro atoms. The van der Waals surface area contributed by atoms with Crippen molar-refractivity contribution in [3.8, 4) is 0 Å². The molecule has 0 saturated heterocycles. The molecular weight excluding hydrogens is 208 g/mol. The fraction of sp³-hybridized carbons (Fsp3) is 0.727. The Balaban J connectivity index is 2.61. The maximum atomic E-state index is 5.65. The van der Waals surface area contributed by atoms with Gasteiger partial charge in [0.15, 0.2) is 0 Å². The lowest BCUT2D eigenvalue weighted by Crippen LogP contribution is -2.26. The molecule has 3 nitrogen and oxygen atoms in total. The molecule has 1 rings (SSSR count). The van der Waals surface area contributed by atoms with Crippen molar-refractivity contribution in [2.75, 3.05) is 13.2 Å². The van der Waals surface area contributed by atoms with Gasteiger partial charge in [0.25, 0.3) is 0 Å². The summed E-state index contributed by atoms with van der Waals surface area (Å²) in [6, 6.07) is 0.282. The van der Waals surface area contributed by atoms with Gasteiger partial charge >= 0.3 is 0 Å². The molecule has 1 unspecified atom stereocenters. The van der Waals surface area contributed by atoms with Crippen molar-refractivity contribution in [2.45, 2.75) is 39.8 Å². The molecule has 0 aliphatic carbocycles. The molecule has 0 aromatic carbocycles. The molecule has 86 valence electrons. The normalized spacial score (nSPS) is 13.4. The van der Waals surface area contributed by atoms with Gasteiger partial charge in [0.05, 0.1) is 30.0 Å². The third kappa shape index (κ3) is 3.89. The molecule has 0 bridgehead atoms. The minimum absolute atomic E-state index is 0.277. The maximum Gasteiger partial charge on any atom is 0.0798 e. The second-order valence-corrected chi connectivity index (χ2v) is 4.68. The van der Waals surface area contributed by atoms with Crippen LogP contribution in [0.1, 0.15) is 37.4 Å². The Kier molecular flexibility index (Phi) is 5.22. The van der Waals surface area contributed by atoms with E-state index in [9.17, 15) is 0 Å². The van der Waals surface area contributed by atoms with E-state index < -0.39 is 0 Å². The van der Waals surface area contributed by atoms with E-state index in [1.54, 1.807) is 11.3 Å². The van der Waals surface area contributed by atoms with Gasteiger partial charge in [0.1, 0.15) is 0 Å². The zero-order valence-electron chi connectivity index (χ0n) is 9.91. The van der Waals surface area contributed by atoms with Gasteiger partial charge in [-0.15, -0.1) is 11.3 Å². The van der Waals surface area contributed by atoms with Crippen molar-refractivity contribution in [2.24, 2.45) is 0 Å². The first-order chi connectivity index (χ1) is 7.15. The maximum absolute atomic E-state index is 5.65. The van der Waals surface area contributed by atoms with Crippen LogP contribution in [0, 0.1) is 6.92 Å². The highest BCUT2D eigenvalue weighted by Crippen LogP contribution is 2.22. The average molecular weight is 228 g/mol. The Morgan fingerprint density at radius 3 is 2.73 bits per heavy atom. The highest BCUT2D eigenvalue weighted by Gasteiger charge is 2.15. The number of nitrogens with zero attached hydrogens (tertiary/aromatic N) is 1. The molecule has 0 saturated carbocycles. The van der Waals surface area contributed by atoms with Crippen LogP contribution in [-0.4, -0.2) is 24.2 Å². The van der Waals surface area contributed by atoms with Gasteiger partial charge in [0.2, 0.25) is 0 Å². The van der Waals surface area contributed by atoms with Gasteiger partial charge in [-0.2, -0.15) is 0 Å². The molecule has 1 atom stereocenters. The molecule has 0 aliphatic heterocycles. The van der Waals surface area contributed by atoms with Crippen molar-refractivity contribution in [3.63, 3.8) is 0 Å². The minimum atomic E-state index is 0.277. The van der Waals surface area contributed by atoms with E-state index in [0.717, 1.165) is 12.2 Å². The smallest absolute Gasteiger partial charge is 0.0798 e. The molecule has 1 heterocycles. The van der Waals surface area contributed by atoms with Gasteiger partial charge in [0, 0.05) is 4.88 Å². The minimum Gasteiger partial charge on any atom is -0.377 e. The van der Waals surface area contributed by atoms with E-state index in [2.05, 4.69) is 31.1 Å². The first-order valence-electron chi connectivity index (χ1n) is 5.40. The number of nitrogens with one attached hydrogen (secondary N) is 1. The van der Waals surface area contributed by atoms with Crippen LogP contribution in [-0.2, 0) is 4.74 Å². The highest BCUT2D eigenvalue weighted by molar-refractivity contribution is 7.09. The van der Waals surface area contributed by atoms with E-state index in [-0.39, 0.29) is 12.1 Å². The van der Waals surface area contributed by atoms with E-state index in [0.29, 0.717) is 6.61 Å². The summed E-state index contributed by atoms with van der Waals surface area (Å²) in [6.07, 6.45) is 0.277. The van der Waals surface area contributed by atoms with Crippen LogP contribution in [0.15, 0.2) is 5.51 Å². The Morgan fingerprint density at radius 2 is 2.27 bits per heavy atom. The quantitative estimate of drug-likeness (QED) is 0.812. The van der Waals surface area contributed by atoms with E-state index in [1.165, 1.54) is 4.88 Å². The molecule has 1 aromatic heterocycles. The van der Waals surface area contributed by atoms with Crippen molar-refractivity contribution >= 4 is 11.3 Å². The predicted molar refractivity (Wildman–Crippen MR) is 64.4 cm³/mol. The number of aromatic nitrogens is 1. The van der Waals surface area contributed by atoms with Gasteiger partial charge in [-0.1, -0.05) is 6.92 Å². The summed E-state index contributed by atoms with van der Waals surface area (Å²) in [4.78, 5) is 5.56. The van der Waals surface area contributed by atoms with Crippen LogP contribution < -0.4 is 5.32 Å². The fourth-order valence-corrected chi connectivity index (χ4v) is 2.27. The largest absolute Gasteiger partial charge is 0.377 e. The Hall–Kier alpha value is -0.450. The number of hydrogen-bond donors (Lipinski definition) is 1. The van der Waals surface area contributed by atoms with Crippen LogP contribution in [0.5, 0.6) is 0 Å². The topological polar surface area (TPSA) is 34.1 Å². The van der Waals surface area contributed by atoms with Crippen molar-refractivity contribution in [3.05, 3.63) is 16.1 Å². The molecule has 1 aromatic rings. The van der Waals surface area contributed by atoms with Crippen LogP contribution in [0.3, 0.4) is 0 Å². The molecule has 15 heavy (non-hydrogen) atoms. The Morgan fingerprint density at radius 1 is 1.53 bits per heavy atom. The summed E-state index contributed by atoms with van der Waals surface area (Å²) in [5, 5.41) is 3.43. The monoisotopic (exact) mass is 228 g/mol. The number of aryl methyl sites for hydroxylation is 1. The van der Waals surface area contributed by atoms with Crippen molar-refractivity contribution < 1.29 is 4.74 Å². The highest BCUT2D eigenvalue weighted by atomic mass is 32.1. The molecular formula is C11H20N2OS. The summed E-state index contributed by atoms with van der Waals surface area (Å²) in [6.45, 7) is 9.94. The Labute approximate surface area is 95.9 Å². The third-order valence-corrected chi connectivity index (χ3v) is 3.19. The van der Waals surface area contributed by atoms with Gasteiger partial charge < -0.3 is 10.1 Å². The first-order valence-corrected chi connectivity index (χ1v) is 6.28. The van der Waals surface area contributed by atoms with Gasteiger partial charge in [-0.25, -0.2) is 4.98 Å². The second kappa shape index (κ2) is 6.20. The lowest BCUT2D eigenvalue weighted by Gasteiger charge is -2.18. The number of thiazole rings is 1. The van der Waals surface area contributed by atoms with Crippen LogP contribution >= 0.6 is 11.3 Å². The summed E-state index contributed by atoms with van der Waals surface area (Å²) >= 11 is 1.70. The molecule has 4 heteroatoms. The zero-order valence-corrected chi connectivity index (χ0v) is 10.7. The molecule has 1 N–H and O–H groups in total. The SMILES string of the molecule is CCNC(COC(C)C)c1scnc1C. The second-order valence-electron chi connectivity index (χ2n) is 3.79. The van der Waals surface area contributed by atoms with E-state index >= 15 is 0 Å². The number of rotatable bonds is 6. The summed E-state index contributed by atoms with van der Waals surface area (Å²) in [7, 11) is 0. The van der Waals surface area contributed by atoms with E-state index in [1.807, 2.05) is 12.4 Å². The van der Waals surface area contributed by atoms with Gasteiger partial charge in [-0.05, 0) is 27.3 Å². The number of ether oxygens (including phenoxy) is 1. The number of likely N-dealkylation sites (N-methyl/N-ethyl adjacent to an activating group) is 1. The predicted octanol–water partition coefficient (Wildman–Crippen LogP) is 2.53. The summed E-state index contributed by atoms with van der Waals surface area (Å²) in [5.41, 5.74) is 3.00. The third-order valence-electron chi connectivity index (χ3n) is 2.15. The lowest BCUT2D eigenvalue weighted by molar-refractivity contribution is 0.0619. The van der Waals surface area contributed by atoms with Crippen LogP contribution in [0.4, 0.5) is 0 Å². The Bertz CT molecular complexity index is 286. The van der Waals surface area contributed by atoms with Gasteiger partial charge in [-0.3, -0.25) is 0 Å². The standard InChI is InChI=1S/C11H20N2OS/c1-5-12-10(6-14-8(2)3)11-9(4)13-7-15-11/h7-8,10,12H,5-6H2,1-4H3. The van der Waals surface area contributed by atoms with E-state index in [4.69, 9.17) is 4.74 Å². The first kappa shape index (κ1) is 12.6. The summed E-state index contributed by atoms with van der Waals surface area (Å²) in [5.74, 6) is 0. The lowest BCUT2D eigenvalue weighted by atomic mass is 10.2. The average Bonchev–Trinajstić information content (AvgIpc) is 2.59. The molecule has 0 amide bonds. The number of hydrogen-bond acceptors (Lipinski definition) is 4. The summed E-state index contributed by atoms with van der Waals surface area (Å²) < 4.78 is 5.65. The fourth-order valence-electron chi connectivity index (χ4n) is 1.41. The van der Waals surface area contributed by atoms with Crippen molar-refractivity contribution in [1.82, 2.24) is 10.3 Å². The molecule has 0 radical (unpaired) electrons. The zero-order chi connectivity index (χ0) is 11.3. The molecule has 0 aliphatic rings. The van der Waals surface area contributed by atoms with Crippen LogP contribution in [0.25, 0.3) is 0 Å². The van der Waals surface area contributed by atoms with Crippen LogP contribution in [0.2, 0.25) is 0 Å². The molecule has 0 fully saturated rings. The van der Waals surface area contributed by atoms with Crippen molar-refractivity contribution in [1.29, 1.82) is 0 Å².